The van der Waals surface area contributed by atoms with Crippen molar-refractivity contribution in [2.45, 2.75) is 25.8 Å². The van der Waals surface area contributed by atoms with Gasteiger partial charge in [-0.3, -0.25) is 0 Å². The molecule has 1 atom stereocenters. The van der Waals surface area contributed by atoms with Crippen LogP contribution in [0.15, 0.2) is 48.5 Å². The zero-order valence-electron chi connectivity index (χ0n) is 12.6. The lowest BCUT2D eigenvalue weighted by Gasteiger charge is -2.19. The fraction of sp³-hybridized carbons (Fsp3) is 0.333. The molecule has 2 aromatic carbocycles. The van der Waals surface area contributed by atoms with Crippen molar-refractivity contribution in [3.63, 3.8) is 0 Å². The maximum atomic E-state index is 6.27. The Morgan fingerprint density at radius 3 is 2.62 bits per heavy atom. The van der Waals surface area contributed by atoms with Crippen LogP contribution in [0.25, 0.3) is 0 Å². The van der Waals surface area contributed by atoms with Crippen LogP contribution >= 0.6 is 11.6 Å². The summed E-state index contributed by atoms with van der Waals surface area (Å²) in [5.41, 5.74) is 2.46. The van der Waals surface area contributed by atoms with E-state index in [-0.39, 0.29) is 0 Å². The topological polar surface area (TPSA) is 21.3 Å². The van der Waals surface area contributed by atoms with Gasteiger partial charge in [-0.25, -0.2) is 0 Å². The van der Waals surface area contributed by atoms with Crippen LogP contribution < -0.4 is 10.1 Å². The van der Waals surface area contributed by atoms with Gasteiger partial charge in [-0.15, -0.1) is 0 Å². The highest BCUT2D eigenvalue weighted by molar-refractivity contribution is 6.31. The molecular weight excluding hydrogens is 282 g/mol. The van der Waals surface area contributed by atoms with Crippen molar-refractivity contribution in [3.8, 4) is 5.75 Å². The number of likely N-dealkylation sites (N-methyl/N-ethyl adjacent to an activating group) is 1. The Bertz CT molecular complexity index is 571. The molecule has 0 aliphatic heterocycles. The van der Waals surface area contributed by atoms with Gasteiger partial charge in [0.25, 0.3) is 0 Å². The molecule has 0 bridgehead atoms. The molecule has 0 amide bonds. The fourth-order valence-corrected chi connectivity index (χ4v) is 2.73. The first kappa shape index (κ1) is 15.9. The first-order valence-electron chi connectivity index (χ1n) is 7.32. The molecule has 2 nitrogen and oxygen atoms in total. The molecule has 0 heterocycles. The Hall–Kier alpha value is -1.51. The van der Waals surface area contributed by atoms with Crippen LogP contribution in [0.3, 0.4) is 0 Å². The zero-order valence-corrected chi connectivity index (χ0v) is 13.4. The quantitative estimate of drug-likeness (QED) is 0.831. The lowest BCUT2D eigenvalue weighted by atomic mass is 9.98. The highest BCUT2D eigenvalue weighted by Gasteiger charge is 2.12. The molecule has 0 saturated heterocycles. The van der Waals surface area contributed by atoms with Gasteiger partial charge in [0.2, 0.25) is 0 Å². The second-order valence-corrected chi connectivity index (χ2v) is 5.51. The SMILES string of the molecule is CCNC(Cc1cccc(OC)c1)Cc1ccccc1Cl. The summed E-state index contributed by atoms with van der Waals surface area (Å²) in [5, 5.41) is 4.38. The van der Waals surface area contributed by atoms with E-state index in [0.29, 0.717) is 6.04 Å². The van der Waals surface area contributed by atoms with Crippen LogP contribution in [0.4, 0.5) is 0 Å². The molecule has 1 unspecified atom stereocenters. The van der Waals surface area contributed by atoms with Crippen LogP contribution in [0.5, 0.6) is 5.75 Å². The second-order valence-electron chi connectivity index (χ2n) is 5.11. The highest BCUT2D eigenvalue weighted by Crippen LogP contribution is 2.19. The number of hydrogen-bond donors (Lipinski definition) is 1. The summed E-state index contributed by atoms with van der Waals surface area (Å²) in [6.45, 7) is 3.07. The summed E-state index contributed by atoms with van der Waals surface area (Å²) < 4.78 is 5.29. The van der Waals surface area contributed by atoms with Crippen molar-refractivity contribution in [1.29, 1.82) is 0 Å². The van der Waals surface area contributed by atoms with E-state index in [4.69, 9.17) is 16.3 Å². The standard InChI is InChI=1S/C18H22ClNO/c1-3-20-16(13-15-8-4-5-10-18(15)19)11-14-7-6-9-17(12-14)21-2/h4-10,12,16,20H,3,11,13H2,1-2H3. The Kier molecular flexibility index (Phi) is 6.09. The van der Waals surface area contributed by atoms with E-state index in [0.717, 1.165) is 30.2 Å². The number of nitrogens with one attached hydrogen (secondary N) is 1. The highest BCUT2D eigenvalue weighted by atomic mass is 35.5. The van der Waals surface area contributed by atoms with Crippen LogP contribution in [0.2, 0.25) is 5.02 Å². The Balaban J connectivity index is 2.10. The first-order chi connectivity index (χ1) is 10.2. The molecule has 112 valence electrons. The number of rotatable bonds is 7. The minimum atomic E-state index is 0.363. The minimum absolute atomic E-state index is 0.363. The van der Waals surface area contributed by atoms with Gasteiger partial charge in [-0.1, -0.05) is 48.9 Å². The normalized spacial score (nSPS) is 12.1. The number of hydrogen-bond acceptors (Lipinski definition) is 2. The van der Waals surface area contributed by atoms with Gasteiger partial charge >= 0.3 is 0 Å². The first-order valence-corrected chi connectivity index (χ1v) is 7.70. The van der Waals surface area contributed by atoms with Gasteiger partial charge in [-0.05, 0) is 48.7 Å². The van der Waals surface area contributed by atoms with Crippen molar-refractivity contribution in [3.05, 3.63) is 64.7 Å². The lowest BCUT2D eigenvalue weighted by molar-refractivity contribution is 0.413. The van der Waals surface area contributed by atoms with Gasteiger partial charge < -0.3 is 10.1 Å². The molecule has 0 radical (unpaired) electrons. The van der Waals surface area contributed by atoms with Crippen LogP contribution in [-0.2, 0) is 12.8 Å². The number of ether oxygens (including phenoxy) is 1. The molecule has 21 heavy (non-hydrogen) atoms. The van der Waals surface area contributed by atoms with Crippen LogP contribution in [0, 0.1) is 0 Å². The molecule has 0 fully saturated rings. The maximum absolute atomic E-state index is 6.27. The summed E-state index contributed by atoms with van der Waals surface area (Å²) >= 11 is 6.27. The van der Waals surface area contributed by atoms with Crippen molar-refractivity contribution in [2.75, 3.05) is 13.7 Å². The van der Waals surface area contributed by atoms with E-state index >= 15 is 0 Å². The van der Waals surface area contributed by atoms with Gasteiger partial charge in [-0.2, -0.15) is 0 Å². The van der Waals surface area contributed by atoms with Crippen LogP contribution in [-0.4, -0.2) is 19.7 Å². The summed E-state index contributed by atoms with van der Waals surface area (Å²) in [4.78, 5) is 0. The van der Waals surface area contributed by atoms with Crippen molar-refractivity contribution in [1.82, 2.24) is 5.32 Å². The molecule has 0 aliphatic rings. The van der Waals surface area contributed by atoms with E-state index in [1.807, 2.05) is 30.3 Å². The van der Waals surface area contributed by atoms with Crippen LogP contribution in [0.1, 0.15) is 18.1 Å². The molecule has 3 heteroatoms. The fourth-order valence-electron chi connectivity index (χ4n) is 2.52. The van der Waals surface area contributed by atoms with E-state index in [1.54, 1.807) is 7.11 Å². The summed E-state index contributed by atoms with van der Waals surface area (Å²) in [6.07, 6.45) is 1.88. The smallest absolute Gasteiger partial charge is 0.119 e. The molecule has 0 spiro atoms. The predicted octanol–water partition coefficient (Wildman–Crippen LogP) is 4.11. The van der Waals surface area contributed by atoms with Crippen molar-refractivity contribution >= 4 is 11.6 Å². The Morgan fingerprint density at radius 2 is 1.90 bits per heavy atom. The molecule has 2 aromatic rings. The number of methoxy groups -OCH3 is 1. The van der Waals surface area contributed by atoms with Crippen molar-refractivity contribution in [2.24, 2.45) is 0 Å². The largest absolute Gasteiger partial charge is 0.497 e. The van der Waals surface area contributed by atoms with Crippen molar-refractivity contribution < 1.29 is 4.74 Å². The Labute approximate surface area is 132 Å². The number of halogens is 1. The van der Waals surface area contributed by atoms with E-state index in [9.17, 15) is 0 Å². The molecular formula is C18H22ClNO. The zero-order chi connectivity index (χ0) is 15.1. The molecule has 0 saturated carbocycles. The van der Waals surface area contributed by atoms with E-state index < -0.39 is 0 Å². The van der Waals surface area contributed by atoms with Gasteiger partial charge in [0.05, 0.1) is 7.11 Å². The molecule has 2 rings (SSSR count). The molecule has 0 aliphatic carbocycles. The second kappa shape index (κ2) is 8.06. The summed E-state index contributed by atoms with van der Waals surface area (Å²) in [6, 6.07) is 16.7. The predicted molar refractivity (Wildman–Crippen MR) is 89.3 cm³/mol. The number of benzene rings is 2. The van der Waals surface area contributed by atoms with Gasteiger partial charge in [0.15, 0.2) is 0 Å². The molecule has 1 N–H and O–H groups in total. The summed E-state index contributed by atoms with van der Waals surface area (Å²) in [5.74, 6) is 0.903. The third-order valence-electron chi connectivity index (χ3n) is 3.53. The average molecular weight is 304 g/mol. The van der Waals surface area contributed by atoms with E-state index in [2.05, 4.69) is 30.4 Å². The molecule has 0 aromatic heterocycles. The van der Waals surface area contributed by atoms with Gasteiger partial charge in [0.1, 0.15) is 5.75 Å². The third-order valence-corrected chi connectivity index (χ3v) is 3.90. The van der Waals surface area contributed by atoms with E-state index in [1.165, 1.54) is 11.1 Å². The summed E-state index contributed by atoms with van der Waals surface area (Å²) in [7, 11) is 1.70. The monoisotopic (exact) mass is 303 g/mol. The lowest BCUT2D eigenvalue weighted by Crippen LogP contribution is -2.33. The maximum Gasteiger partial charge on any atom is 0.119 e. The third kappa shape index (κ3) is 4.76. The average Bonchev–Trinajstić information content (AvgIpc) is 2.50. The van der Waals surface area contributed by atoms with Gasteiger partial charge in [0, 0.05) is 11.1 Å². The Morgan fingerprint density at radius 1 is 1.10 bits per heavy atom. The minimum Gasteiger partial charge on any atom is -0.497 e.